The Kier molecular flexibility index (Phi) is 3.15. The maximum absolute atomic E-state index is 4.48. The van der Waals surface area contributed by atoms with Crippen LogP contribution in [0.25, 0.3) is 0 Å². The molecule has 0 amide bonds. The van der Waals surface area contributed by atoms with Gasteiger partial charge >= 0.3 is 0 Å². The minimum absolute atomic E-state index is 0.559. The molecule has 2 rings (SSSR count). The molecule has 3 heteroatoms. The summed E-state index contributed by atoms with van der Waals surface area (Å²) in [5.41, 5.74) is 3.36. The smallest absolute Gasteiger partial charge is 0.0606 e. The number of pyridine rings is 1. The van der Waals surface area contributed by atoms with Gasteiger partial charge in [0.25, 0.3) is 0 Å². The molecule has 0 aliphatic carbocycles. The van der Waals surface area contributed by atoms with Crippen molar-refractivity contribution in [3.8, 4) is 0 Å². The molecule has 3 nitrogen and oxygen atoms in total. The largest absolute Gasteiger partial charge is 0.379 e. The molecule has 2 heterocycles. The van der Waals surface area contributed by atoms with Crippen molar-refractivity contribution < 1.29 is 0 Å². The predicted octanol–water partition coefficient (Wildman–Crippen LogP) is 2.20. The molecule has 0 bridgehead atoms. The van der Waals surface area contributed by atoms with Gasteiger partial charge in [-0.15, -0.1) is 0 Å². The molecule has 0 saturated carbocycles. The minimum atomic E-state index is 0.559. The van der Waals surface area contributed by atoms with E-state index in [9.17, 15) is 0 Å². The highest BCUT2D eigenvalue weighted by molar-refractivity contribution is 5.48. The number of likely N-dealkylation sites (tertiary alicyclic amines) is 1. The highest BCUT2D eigenvalue weighted by atomic mass is 15.2. The van der Waals surface area contributed by atoms with Crippen molar-refractivity contribution in [1.29, 1.82) is 0 Å². The van der Waals surface area contributed by atoms with Gasteiger partial charge in [-0.2, -0.15) is 0 Å². The van der Waals surface area contributed by atoms with Gasteiger partial charge in [0.15, 0.2) is 0 Å². The maximum Gasteiger partial charge on any atom is 0.0606 e. The van der Waals surface area contributed by atoms with Crippen molar-refractivity contribution in [3.63, 3.8) is 0 Å². The summed E-state index contributed by atoms with van der Waals surface area (Å²) in [4.78, 5) is 6.88. The van der Waals surface area contributed by atoms with Gasteiger partial charge in [-0.25, -0.2) is 0 Å². The van der Waals surface area contributed by atoms with Gasteiger partial charge < -0.3 is 10.2 Å². The van der Waals surface area contributed by atoms with Crippen molar-refractivity contribution >= 4 is 5.69 Å². The van der Waals surface area contributed by atoms with Crippen LogP contribution in [-0.4, -0.2) is 35.6 Å². The summed E-state index contributed by atoms with van der Waals surface area (Å²) in [5, 5.41) is 3.59. The zero-order chi connectivity index (χ0) is 11.7. The average Bonchev–Trinajstić information content (AvgIpc) is 2.51. The first-order chi connectivity index (χ1) is 7.56. The van der Waals surface area contributed by atoms with Crippen LogP contribution in [0, 0.1) is 13.8 Å². The molecule has 2 atom stereocenters. The van der Waals surface area contributed by atoms with E-state index in [0.717, 1.165) is 17.9 Å². The fraction of sp³-hybridized carbons (Fsp3) is 0.615. The number of aromatic nitrogens is 1. The molecular formula is C13H21N3. The lowest BCUT2D eigenvalue weighted by Gasteiger charge is -2.15. The second kappa shape index (κ2) is 4.42. The average molecular weight is 219 g/mol. The van der Waals surface area contributed by atoms with E-state index >= 15 is 0 Å². The summed E-state index contributed by atoms with van der Waals surface area (Å²) >= 11 is 0. The Hall–Kier alpha value is -1.09. The van der Waals surface area contributed by atoms with Crippen LogP contribution in [0.15, 0.2) is 12.1 Å². The number of hydrogen-bond donors (Lipinski definition) is 1. The van der Waals surface area contributed by atoms with Crippen LogP contribution in [0.1, 0.15) is 24.7 Å². The molecule has 1 aliphatic rings. The predicted molar refractivity (Wildman–Crippen MR) is 67.8 cm³/mol. The quantitative estimate of drug-likeness (QED) is 0.826. The lowest BCUT2D eigenvalue weighted by molar-refractivity contribution is 0.330. The summed E-state index contributed by atoms with van der Waals surface area (Å²) in [6.45, 7) is 7.50. The number of rotatable bonds is 2. The Morgan fingerprint density at radius 3 is 2.69 bits per heavy atom. The fourth-order valence-corrected chi connectivity index (χ4v) is 2.36. The Labute approximate surface area is 97.9 Å². The van der Waals surface area contributed by atoms with Gasteiger partial charge in [0.1, 0.15) is 0 Å². The number of nitrogens with one attached hydrogen (secondary N) is 1. The van der Waals surface area contributed by atoms with Crippen LogP contribution in [-0.2, 0) is 0 Å². The van der Waals surface area contributed by atoms with Gasteiger partial charge in [-0.1, -0.05) is 0 Å². The van der Waals surface area contributed by atoms with E-state index in [1.807, 2.05) is 6.92 Å². The number of anilines is 1. The molecule has 16 heavy (non-hydrogen) atoms. The summed E-state index contributed by atoms with van der Waals surface area (Å²) in [6.07, 6.45) is 1.21. The normalized spacial score (nSPS) is 26.0. The zero-order valence-corrected chi connectivity index (χ0v) is 10.6. The van der Waals surface area contributed by atoms with Crippen molar-refractivity contribution in [2.45, 2.75) is 39.3 Å². The van der Waals surface area contributed by atoms with Gasteiger partial charge in [0.05, 0.1) is 11.4 Å². The van der Waals surface area contributed by atoms with Crippen LogP contribution in [0.5, 0.6) is 0 Å². The molecule has 88 valence electrons. The third kappa shape index (κ3) is 2.35. The second-order valence-corrected chi connectivity index (χ2v) is 4.95. The molecule has 1 fully saturated rings. The Balaban J connectivity index is 2.05. The Morgan fingerprint density at radius 2 is 2.12 bits per heavy atom. The molecule has 1 aromatic heterocycles. The lowest BCUT2D eigenvalue weighted by Crippen LogP contribution is -2.25. The highest BCUT2D eigenvalue weighted by Gasteiger charge is 2.26. The first-order valence-electron chi connectivity index (χ1n) is 5.97. The summed E-state index contributed by atoms with van der Waals surface area (Å²) in [6, 6.07) is 5.44. The van der Waals surface area contributed by atoms with Crippen LogP contribution in [0.4, 0.5) is 5.69 Å². The van der Waals surface area contributed by atoms with Crippen molar-refractivity contribution in [1.82, 2.24) is 9.88 Å². The summed E-state index contributed by atoms with van der Waals surface area (Å²) in [5.74, 6) is 0. The molecule has 0 aromatic carbocycles. The van der Waals surface area contributed by atoms with E-state index < -0.39 is 0 Å². The van der Waals surface area contributed by atoms with Crippen LogP contribution in [0.3, 0.4) is 0 Å². The SMILES string of the molecule is Cc1ccc(NC2CC(C)N(C)C2)c(C)n1. The number of nitrogens with zero attached hydrogens (tertiary/aromatic N) is 2. The third-order valence-corrected chi connectivity index (χ3v) is 3.47. The van der Waals surface area contributed by atoms with Gasteiger partial charge in [-0.3, -0.25) is 4.98 Å². The minimum Gasteiger partial charge on any atom is -0.379 e. The standard InChI is InChI=1S/C13H21N3/c1-9-5-6-13(11(3)14-9)15-12-7-10(2)16(4)8-12/h5-6,10,12,15H,7-8H2,1-4H3. The van der Waals surface area contributed by atoms with E-state index in [2.05, 4.69) is 48.2 Å². The second-order valence-electron chi connectivity index (χ2n) is 4.95. The topological polar surface area (TPSA) is 28.2 Å². The Bertz CT molecular complexity index is 365. The molecule has 1 aromatic rings. The highest BCUT2D eigenvalue weighted by Crippen LogP contribution is 2.21. The van der Waals surface area contributed by atoms with Crippen molar-refractivity contribution in [2.75, 3.05) is 18.9 Å². The van der Waals surface area contributed by atoms with E-state index in [-0.39, 0.29) is 0 Å². The number of likely N-dealkylation sites (N-methyl/N-ethyl adjacent to an activating group) is 1. The number of hydrogen-bond acceptors (Lipinski definition) is 3. The molecule has 1 saturated heterocycles. The van der Waals surface area contributed by atoms with Crippen molar-refractivity contribution in [3.05, 3.63) is 23.5 Å². The molecular weight excluding hydrogens is 198 g/mol. The first kappa shape index (κ1) is 11.4. The third-order valence-electron chi connectivity index (χ3n) is 3.47. The summed E-state index contributed by atoms with van der Waals surface area (Å²) in [7, 11) is 2.19. The van der Waals surface area contributed by atoms with Gasteiger partial charge in [0.2, 0.25) is 0 Å². The monoisotopic (exact) mass is 219 g/mol. The van der Waals surface area contributed by atoms with E-state index in [1.54, 1.807) is 0 Å². The molecule has 1 N–H and O–H groups in total. The van der Waals surface area contributed by atoms with E-state index in [4.69, 9.17) is 0 Å². The molecule has 0 spiro atoms. The van der Waals surface area contributed by atoms with Crippen molar-refractivity contribution in [2.24, 2.45) is 0 Å². The molecule has 1 aliphatic heterocycles. The fourth-order valence-electron chi connectivity index (χ4n) is 2.36. The molecule has 2 unspecified atom stereocenters. The lowest BCUT2D eigenvalue weighted by atomic mass is 10.1. The van der Waals surface area contributed by atoms with Crippen LogP contribution < -0.4 is 5.32 Å². The molecule has 0 radical (unpaired) electrons. The maximum atomic E-state index is 4.48. The van der Waals surface area contributed by atoms with E-state index in [0.29, 0.717) is 12.1 Å². The first-order valence-corrected chi connectivity index (χ1v) is 5.97. The van der Waals surface area contributed by atoms with Crippen LogP contribution in [0.2, 0.25) is 0 Å². The number of aryl methyl sites for hydroxylation is 2. The van der Waals surface area contributed by atoms with Crippen LogP contribution >= 0.6 is 0 Å². The summed E-state index contributed by atoms with van der Waals surface area (Å²) < 4.78 is 0. The van der Waals surface area contributed by atoms with Gasteiger partial charge in [-0.05, 0) is 46.4 Å². The van der Waals surface area contributed by atoms with E-state index in [1.165, 1.54) is 12.1 Å². The Morgan fingerprint density at radius 1 is 1.38 bits per heavy atom. The zero-order valence-electron chi connectivity index (χ0n) is 10.6. The van der Waals surface area contributed by atoms with Gasteiger partial charge in [0, 0.05) is 24.3 Å².